The molecule has 0 aromatic heterocycles. The van der Waals surface area contributed by atoms with Gasteiger partial charge in [-0.05, 0) is 36.5 Å². The number of benzene rings is 2. The third-order valence-electron chi connectivity index (χ3n) is 7.22. The van der Waals surface area contributed by atoms with Gasteiger partial charge in [-0.3, -0.25) is 9.59 Å². The summed E-state index contributed by atoms with van der Waals surface area (Å²) in [6.45, 7) is 6.21. The van der Waals surface area contributed by atoms with Crippen molar-refractivity contribution in [3.05, 3.63) is 53.6 Å². The molecule has 3 rings (SSSR count). The predicted molar refractivity (Wildman–Crippen MR) is 149 cm³/mol. The average molecular weight is 509 g/mol. The summed E-state index contributed by atoms with van der Waals surface area (Å²) in [6, 6.07) is 13.7. The Hall–Kier alpha value is -3.02. The van der Waals surface area contributed by atoms with Crippen molar-refractivity contribution in [2.75, 3.05) is 32.2 Å². The van der Waals surface area contributed by atoms with Crippen LogP contribution in [0.25, 0.3) is 0 Å². The molecule has 0 aliphatic carbocycles. The number of unbranched alkanes of at least 4 members (excludes halogenated alkanes) is 6. The van der Waals surface area contributed by atoms with Crippen LogP contribution >= 0.6 is 0 Å². The smallest absolute Gasteiger partial charge is 0.240 e. The lowest BCUT2D eigenvalue weighted by Crippen LogP contribution is -2.49. The second-order valence-electron chi connectivity index (χ2n) is 9.95. The highest BCUT2D eigenvalue weighted by Crippen LogP contribution is 2.40. The summed E-state index contributed by atoms with van der Waals surface area (Å²) in [4.78, 5) is 31.6. The summed E-state index contributed by atoms with van der Waals surface area (Å²) in [5, 5.41) is 0. The lowest BCUT2D eigenvalue weighted by atomic mass is 9.89. The Kier molecular flexibility index (Phi) is 11.3. The lowest BCUT2D eigenvalue weighted by molar-refractivity contribution is -0.141. The van der Waals surface area contributed by atoms with Crippen LogP contribution in [0.5, 0.6) is 11.5 Å². The number of anilines is 1. The molecule has 202 valence electrons. The minimum Gasteiger partial charge on any atom is -0.493 e. The number of hydrogen-bond donors (Lipinski definition) is 0. The Balaban J connectivity index is 1.91. The third-order valence-corrected chi connectivity index (χ3v) is 7.22. The molecule has 2 aromatic carbocycles. The molecule has 0 radical (unpaired) electrons. The van der Waals surface area contributed by atoms with E-state index < -0.39 is 5.92 Å². The molecule has 0 bridgehead atoms. The number of nitrogens with zero attached hydrogens (tertiary/aromatic N) is 2. The van der Waals surface area contributed by atoms with E-state index in [0.29, 0.717) is 37.6 Å². The van der Waals surface area contributed by atoms with Crippen molar-refractivity contribution in [1.29, 1.82) is 0 Å². The molecule has 2 aromatic rings. The number of carbonyl (C=O) groups excluding carboxylic acids is 2. The van der Waals surface area contributed by atoms with Gasteiger partial charge >= 0.3 is 0 Å². The van der Waals surface area contributed by atoms with E-state index in [1.165, 1.54) is 12.8 Å². The van der Waals surface area contributed by atoms with Crippen LogP contribution < -0.4 is 14.4 Å². The molecule has 2 amide bonds. The van der Waals surface area contributed by atoms with Crippen LogP contribution in [0.3, 0.4) is 0 Å². The molecule has 1 atom stereocenters. The minimum atomic E-state index is -0.730. The fourth-order valence-corrected chi connectivity index (χ4v) is 5.07. The third kappa shape index (κ3) is 7.50. The zero-order valence-corrected chi connectivity index (χ0v) is 23.1. The molecular formula is C31H44N2O4. The molecule has 1 aliphatic rings. The van der Waals surface area contributed by atoms with E-state index in [9.17, 15) is 9.59 Å². The van der Waals surface area contributed by atoms with Gasteiger partial charge in [-0.2, -0.15) is 0 Å². The maximum atomic E-state index is 14.0. The molecule has 1 aliphatic heterocycles. The maximum absolute atomic E-state index is 14.0. The van der Waals surface area contributed by atoms with Gasteiger partial charge < -0.3 is 19.3 Å². The molecule has 0 N–H and O–H groups in total. The van der Waals surface area contributed by atoms with Crippen LogP contribution in [0.4, 0.5) is 5.69 Å². The summed E-state index contributed by atoms with van der Waals surface area (Å²) >= 11 is 0. The first-order valence-electron chi connectivity index (χ1n) is 13.9. The van der Waals surface area contributed by atoms with E-state index in [1.807, 2.05) is 47.4 Å². The normalized spacial score (nSPS) is 14.9. The fraction of sp³-hybridized carbons (Fsp3) is 0.548. The summed E-state index contributed by atoms with van der Waals surface area (Å²) in [6.07, 6.45) is 9.18. The summed E-state index contributed by atoms with van der Waals surface area (Å²) in [5.41, 5.74) is 2.73. The number of methoxy groups -OCH3 is 2. The van der Waals surface area contributed by atoms with Crippen molar-refractivity contribution in [2.24, 2.45) is 5.92 Å². The van der Waals surface area contributed by atoms with Crippen molar-refractivity contribution < 1.29 is 19.1 Å². The summed E-state index contributed by atoms with van der Waals surface area (Å²) in [5.74, 6) is 0.270. The fourth-order valence-electron chi connectivity index (χ4n) is 5.07. The molecule has 1 heterocycles. The van der Waals surface area contributed by atoms with E-state index in [4.69, 9.17) is 9.47 Å². The highest BCUT2D eigenvalue weighted by Gasteiger charge is 2.40. The molecule has 0 saturated carbocycles. The SMILES string of the molecule is CCCCCCN(CCCCCC)C(=O)C1Cc2cc(OC)c(OC)cc2N(Cc2ccccc2)C1=O. The van der Waals surface area contributed by atoms with Gasteiger partial charge in [0.2, 0.25) is 11.8 Å². The van der Waals surface area contributed by atoms with E-state index in [2.05, 4.69) is 13.8 Å². The Labute approximate surface area is 222 Å². The van der Waals surface area contributed by atoms with Gasteiger partial charge in [0.05, 0.1) is 26.5 Å². The van der Waals surface area contributed by atoms with Crippen molar-refractivity contribution in [1.82, 2.24) is 4.90 Å². The van der Waals surface area contributed by atoms with E-state index in [0.717, 1.165) is 55.3 Å². The second-order valence-corrected chi connectivity index (χ2v) is 9.95. The number of rotatable bonds is 15. The van der Waals surface area contributed by atoms with E-state index in [1.54, 1.807) is 19.1 Å². The first-order chi connectivity index (χ1) is 18.0. The number of amides is 2. The summed E-state index contributed by atoms with van der Waals surface area (Å²) < 4.78 is 11.1. The first kappa shape index (κ1) is 28.5. The zero-order valence-electron chi connectivity index (χ0n) is 23.1. The molecule has 0 fully saturated rings. The molecular weight excluding hydrogens is 464 g/mol. The second kappa shape index (κ2) is 14.7. The van der Waals surface area contributed by atoms with E-state index in [-0.39, 0.29) is 11.8 Å². The van der Waals surface area contributed by atoms with Gasteiger partial charge in [0.25, 0.3) is 0 Å². The quantitative estimate of drug-likeness (QED) is 0.206. The Morgan fingerprint density at radius 2 is 1.49 bits per heavy atom. The van der Waals surface area contributed by atoms with Crippen molar-refractivity contribution in [3.8, 4) is 11.5 Å². The number of ether oxygens (including phenoxy) is 2. The van der Waals surface area contributed by atoms with Crippen molar-refractivity contribution >= 4 is 17.5 Å². The molecule has 0 saturated heterocycles. The van der Waals surface area contributed by atoms with Crippen molar-refractivity contribution in [3.63, 3.8) is 0 Å². The van der Waals surface area contributed by atoms with Gasteiger partial charge in [0.15, 0.2) is 11.5 Å². The molecule has 6 nitrogen and oxygen atoms in total. The number of fused-ring (bicyclic) bond motifs is 1. The first-order valence-corrected chi connectivity index (χ1v) is 13.9. The zero-order chi connectivity index (χ0) is 26.6. The minimum absolute atomic E-state index is 0.0449. The molecule has 6 heteroatoms. The highest BCUT2D eigenvalue weighted by atomic mass is 16.5. The molecule has 37 heavy (non-hydrogen) atoms. The van der Waals surface area contributed by atoms with Gasteiger partial charge in [-0.15, -0.1) is 0 Å². The predicted octanol–water partition coefficient (Wildman–Crippen LogP) is 6.40. The average Bonchev–Trinajstić information content (AvgIpc) is 2.93. The maximum Gasteiger partial charge on any atom is 0.240 e. The molecule has 1 unspecified atom stereocenters. The Morgan fingerprint density at radius 3 is 2.05 bits per heavy atom. The van der Waals surface area contributed by atoms with Crippen LogP contribution in [0.15, 0.2) is 42.5 Å². The van der Waals surface area contributed by atoms with Crippen LogP contribution in [0.1, 0.15) is 76.3 Å². The summed E-state index contributed by atoms with van der Waals surface area (Å²) in [7, 11) is 3.20. The van der Waals surface area contributed by atoms with Crippen LogP contribution in [-0.4, -0.2) is 44.0 Å². The van der Waals surface area contributed by atoms with Crippen LogP contribution in [-0.2, 0) is 22.6 Å². The lowest BCUT2D eigenvalue weighted by Gasteiger charge is -2.36. The monoisotopic (exact) mass is 508 g/mol. The standard InChI is InChI=1S/C31H44N2O4/c1-5-7-9-14-18-32(19-15-10-8-6-2)30(34)26-20-25-21-28(36-3)29(37-4)22-27(25)33(31(26)35)23-24-16-12-11-13-17-24/h11-13,16-17,21-22,26H,5-10,14-15,18-20,23H2,1-4H3. The van der Waals surface area contributed by atoms with Crippen LogP contribution in [0, 0.1) is 5.92 Å². The van der Waals surface area contributed by atoms with Crippen LogP contribution in [0.2, 0.25) is 0 Å². The van der Waals surface area contributed by atoms with Gasteiger partial charge in [0, 0.05) is 19.2 Å². The van der Waals surface area contributed by atoms with E-state index >= 15 is 0 Å². The molecule has 0 spiro atoms. The van der Waals surface area contributed by atoms with Gasteiger partial charge in [-0.1, -0.05) is 82.7 Å². The Morgan fingerprint density at radius 1 is 0.892 bits per heavy atom. The number of carbonyl (C=O) groups is 2. The van der Waals surface area contributed by atoms with Crippen molar-refractivity contribution in [2.45, 2.75) is 78.2 Å². The van der Waals surface area contributed by atoms with Gasteiger partial charge in [0.1, 0.15) is 5.92 Å². The number of hydrogen-bond acceptors (Lipinski definition) is 4. The Bertz CT molecular complexity index is 996. The topological polar surface area (TPSA) is 59.1 Å². The highest BCUT2D eigenvalue weighted by molar-refractivity contribution is 6.10. The largest absolute Gasteiger partial charge is 0.493 e. The van der Waals surface area contributed by atoms with Gasteiger partial charge in [-0.25, -0.2) is 0 Å².